The Morgan fingerprint density at radius 1 is 1.11 bits per heavy atom. The summed E-state index contributed by atoms with van der Waals surface area (Å²) in [5.74, 6) is 2.06. The van der Waals surface area contributed by atoms with E-state index in [9.17, 15) is 5.11 Å². The fourth-order valence-electron chi connectivity index (χ4n) is 4.54. The zero-order chi connectivity index (χ0) is 19.7. The van der Waals surface area contributed by atoms with E-state index in [1.165, 1.54) is 18.7 Å². The monoisotopic (exact) mass is 443 g/mol. The van der Waals surface area contributed by atoms with Crippen molar-refractivity contribution in [2.24, 2.45) is 0 Å². The summed E-state index contributed by atoms with van der Waals surface area (Å²) in [6, 6.07) is 16.1. The lowest BCUT2D eigenvalue weighted by Gasteiger charge is -2.32. The standard InChI is InChI=1S/C23H28BrN2O2/c1-3-28-21-14-8-18(9-15-21)23(27)17(2)25-16-6-4-5-7-22(25)26(23)20-12-10-19(24)11-13-20/h8-15,17,27H,3-7,16H2,1-2H3/q+1/t17-,23+/m1/s1. The van der Waals surface area contributed by atoms with E-state index >= 15 is 0 Å². The first-order chi connectivity index (χ1) is 13.6. The van der Waals surface area contributed by atoms with Crippen LogP contribution in [-0.2, 0) is 5.72 Å². The molecule has 5 heteroatoms. The number of aliphatic hydroxyl groups is 1. The maximum Gasteiger partial charge on any atom is 0.278 e. The Morgan fingerprint density at radius 2 is 1.82 bits per heavy atom. The van der Waals surface area contributed by atoms with Gasteiger partial charge in [0.15, 0.2) is 6.04 Å². The van der Waals surface area contributed by atoms with Crippen molar-refractivity contribution < 1.29 is 14.4 Å². The third kappa shape index (κ3) is 3.25. The Bertz CT molecular complexity index is 863. The van der Waals surface area contributed by atoms with Gasteiger partial charge in [-0.1, -0.05) is 15.9 Å². The molecule has 2 atom stereocenters. The average Bonchev–Trinajstić information content (AvgIpc) is 2.86. The molecule has 0 aliphatic carbocycles. The van der Waals surface area contributed by atoms with Crippen LogP contribution in [-0.4, -0.2) is 34.7 Å². The summed E-state index contributed by atoms with van der Waals surface area (Å²) in [6.45, 7) is 5.74. The Balaban J connectivity index is 1.82. The molecular weight excluding hydrogens is 416 g/mol. The van der Waals surface area contributed by atoms with Gasteiger partial charge in [0, 0.05) is 16.5 Å². The molecule has 0 fully saturated rings. The molecule has 2 aromatic rings. The molecule has 2 aliphatic heterocycles. The second kappa shape index (κ2) is 7.88. The molecule has 0 saturated carbocycles. The second-order valence-electron chi connectivity index (χ2n) is 7.59. The number of nitrogens with zero attached hydrogens (tertiary/aromatic N) is 2. The average molecular weight is 444 g/mol. The van der Waals surface area contributed by atoms with E-state index in [1.807, 2.05) is 43.3 Å². The van der Waals surface area contributed by atoms with Gasteiger partial charge >= 0.3 is 0 Å². The minimum Gasteiger partial charge on any atom is -0.494 e. The van der Waals surface area contributed by atoms with Gasteiger partial charge in [0.05, 0.1) is 13.2 Å². The number of benzene rings is 2. The number of rotatable bonds is 4. The molecule has 0 bridgehead atoms. The molecule has 2 aromatic carbocycles. The Hall–Kier alpha value is -1.85. The van der Waals surface area contributed by atoms with Crippen LogP contribution < -0.4 is 9.64 Å². The van der Waals surface area contributed by atoms with Crippen LogP contribution in [0.3, 0.4) is 0 Å². The van der Waals surface area contributed by atoms with Crippen LogP contribution in [0.4, 0.5) is 5.69 Å². The summed E-state index contributed by atoms with van der Waals surface area (Å²) in [5.41, 5.74) is 0.795. The molecule has 148 valence electrons. The van der Waals surface area contributed by atoms with E-state index < -0.39 is 5.72 Å². The molecule has 4 rings (SSSR count). The first-order valence-corrected chi connectivity index (χ1v) is 11.0. The third-order valence-corrected chi connectivity index (χ3v) is 6.48. The summed E-state index contributed by atoms with van der Waals surface area (Å²) in [5, 5.41) is 12.2. The summed E-state index contributed by atoms with van der Waals surface area (Å²) in [4.78, 5) is 2.16. The van der Waals surface area contributed by atoms with Crippen molar-refractivity contribution in [3.63, 3.8) is 0 Å². The predicted molar refractivity (Wildman–Crippen MR) is 116 cm³/mol. The number of hydrogen-bond donors (Lipinski definition) is 1. The molecule has 0 aromatic heterocycles. The number of halogens is 1. The van der Waals surface area contributed by atoms with Gasteiger partial charge in [-0.05, 0) is 81.6 Å². The molecular formula is C23H28BrN2O2+. The molecule has 4 nitrogen and oxygen atoms in total. The summed E-state index contributed by atoms with van der Waals surface area (Å²) in [7, 11) is 0. The van der Waals surface area contributed by atoms with E-state index in [1.54, 1.807) is 0 Å². The van der Waals surface area contributed by atoms with Gasteiger partial charge in [0.25, 0.3) is 11.6 Å². The van der Waals surface area contributed by atoms with Gasteiger partial charge in [-0.25, -0.2) is 0 Å². The van der Waals surface area contributed by atoms with Crippen LogP contribution in [0, 0.1) is 0 Å². The lowest BCUT2D eigenvalue weighted by molar-refractivity contribution is -0.571. The highest BCUT2D eigenvalue weighted by molar-refractivity contribution is 9.10. The van der Waals surface area contributed by atoms with E-state index in [2.05, 4.69) is 44.5 Å². The maximum absolute atomic E-state index is 12.2. The molecule has 0 radical (unpaired) electrons. The number of anilines is 1. The van der Waals surface area contributed by atoms with E-state index in [4.69, 9.17) is 4.74 Å². The van der Waals surface area contributed by atoms with Crippen molar-refractivity contribution in [3.8, 4) is 5.75 Å². The fourth-order valence-corrected chi connectivity index (χ4v) is 4.81. The zero-order valence-electron chi connectivity index (χ0n) is 16.6. The van der Waals surface area contributed by atoms with Gasteiger partial charge in [-0.2, -0.15) is 4.90 Å². The fraction of sp³-hybridized carbons (Fsp3) is 0.435. The maximum atomic E-state index is 12.2. The van der Waals surface area contributed by atoms with Crippen molar-refractivity contribution in [1.82, 2.24) is 0 Å². The predicted octanol–water partition coefficient (Wildman–Crippen LogP) is 4.89. The third-order valence-electron chi connectivity index (χ3n) is 5.96. The van der Waals surface area contributed by atoms with Gasteiger partial charge in [0.1, 0.15) is 11.4 Å². The molecule has 0 unspecified atom stereocenters. The highest BCUT2D eigenvalue weighted by Gasteiger charge is 2.59. The summed E-state index contributed by atoms with van der Waals surface area (Å²) >= 11 is 3.53. The topological polar surface area (TPSA) is 35.7 Å². The lowest BCUT2D eigenvalue weighted by Crippen LogP contribution is -2.51. The highest BCUT2D eigenvalue weighted by Crippen LogP contribution is 2.42. The van der Waals surface area contributed by atoms with Crippen molar-refractivity contribution in [2.45, 2.75) is 51.3 Å². The van der Waals surface area contributed by atoms with E-state index in [-0.39, 0.29) is 6.04 Å². The Morgan fingerprint density at radius 3 is 2.50 bits per heavy atom. The Kier molecular flexibility index (Phi) is 5.48. The Labute approximate surface area is 175 Å². The normalized spacial score (nSPS) is 24.9. The first-order valence-electron chi connectivity index (χ1n) is 10.2. The molecule has 1 N–H and O–H groups in total. The number of amidine groups is 1. The number of ether oxygens (including phenoxy) is 1. The zero-order valence-corrected chi connectivity index (χ0v) is 18.2. The van der Waals surface area contributed by atoms with E-state index in [0.717, 1.165) is 40.9 Å². The van der Waals surface area contributed by atoms with Gasteiger partial charge in [-0.15, -0.1) is 0 Å². The van der Waals surface area contributed by atoms with Crippen molar-refractivity contribution >= 4 is 27.5 Å². The lowest BCUT2D eigenvalue weighted by atomic mass is 9.93. The molecule has 28 heavy (non-hydrogen) atoms. The summed E-state index contributed by atoms with van der Waals surface area (Å²) < 4.78 is 9.05. The highest BCUT2D eigenvalue weighted by atomic mass is 79.9. The van der Waals surface area contributed by atoms with Gasteiger partial charge in [0.2, 0.25) is 0 Å². The van der Waals surface area contributed by atoms with Crippen LogP contribution in [0.5, 0.6) is 5.75 Å². The van der Waals surface area contributed by atoms with Crippen LogP contribution in [0.25, 0.3) is 0 Å². The molecule has 0 amide bonds. The van der Waals surface area contributed by atoms with Gasteiger partial charge < -0.3 is 9.84 Å². The minimum atomic E-state index is -1.12. The smallest absolute Gasteiger partial charge is 0.278 e. The van der Waals surface area contributed by atoms with Crippen LogP contribution >= 0.6 is 15.9 Å². The van der Waals surface area contributed by atoms with Crippen molar-refractivity contribution in [3.05, 3.63) is 58.6 Å². The van der Waals surface area contributed by atoms with Crippen molar-refractivity contribution in [2.75, 3.05) is 18.1 Å². The van der Waals surface area contributed by atoms with Gasteiger partial charge in [-0.3, -0.25) is 4.58 Å². The quantitative estimate of drug-likeness (QED) is 0.683. The largest absolute Gasteiger partial charge is 0.494 e. The van der Waals surface area contributed by atoms with Crippen LogP contribution in [0.15, 0.2) is 53.0 Å². The first kappa shape index (κ1) is 19.5. The molecule has 0 spiro atoms. The minimum absolute atomic E-state index is 0.0396. The van der Waals surface area contributed by atoms with E-state index in [0.29, 0.717) is 6.61 Å². The molecule has 2 aliphatic rings. The van der Waals surface area contributed by atoms with Crippen LogP contribution in [0.2, 0.25) is 0 Å². The van der Waals surface area contributed by atoms with Crippen LogP contribution in [0.1, 0.15) is 45.1 Å². The second-order valence-corrected chi connectivity index (χ2v) is 8.51. The van der Waals surface area contributed by atoms with Crippen molar-refractivity contribution in [1.29, 1.82) is 0 Å². The number of hydrogen-bond acceptors (Lipinski definition) is 3. The SMILES string of the molecule is CCOc1ccc([C@@]2(O)[C@@H](C)[N+]3=C(CCCCC3)N2c2ccc(Br)cc2)cc1. The molecule has 0 saturated heterocycles. The summed E-state index contributed by atoms with van der Waals surface area (Å²) in [6.07, 6.45) is 4.55. The molecule has 2 heterocycles.